The van der Waals surface area contributed by atoms with E-state index in [0.29, 0.717) is 0 Å². The summed E-state index contributed by atoms with van der Waals surface area (Å²) in [4.78, 5) is 2.10. The van der Waals surface area contributed by atoms with Gasteiger partial charge in [0.2, 0.25) is 0 Å². The summed E-state index contributed by atoms with van der Waals surface area (Å²) < 4.78 is 0. The number of rotatable bonds is 3. The molecule has 0 aliphatic rings. The largest absolute Gasteiger partial charge is 0.384 e. The van der Waals surface area contributed by atoms with Crippen LogP contribution in [-0.4, -0.2) is 19.0 Å². The molecular weight excluding hydrogens is 110 g/mol. The minimum Gasteiger partial charge on any atom is -0.384 e. The van der Waals surface area contributed by atoms with Crippen molar-refractivity contribution in [1.29, 1.82) is 0 Å². The second-order valence-corrected chi connectivity index (χ2v) is 2.46. The number of hydrogen-bond acceptors (Lipinski definition) is 1. The zero-order valence-corrected chi connectivity index (χ0v) is 6.94. The molecule has 0 amide bonds. The molecule has 0 radical (unpaired) electrons. The molecule has 0 saturated heterocycles. The minimum absolute atomic E-state index is 1.18. The Balaban J connectivity index is 3.75. The van der Waals surface area contributed by atoms with Crippen LogP contribution in [0.3, 0.4) is 0 Å². The standard InChI is InChI=1S/C8H17N/c1-5-8(6-2)7-9(3)4/h7H,5-6H2,1-4H3. The lowest BCUT2D eigenvalue weighted by molar-refractivity contribution is 0.553. The highest BCUT2D eigenvalue weighted by molar-refractivity contribution is 4.98. The van der Waals surface area contributed by atoms with Gasteiger partial charge in [0.05, 0.1) is 0 Å². The van der Waals surface area contributed by atoms with E-state index in [4.69, 9.17) is 0 Å². The summed E-state index contributed by atoms with van der Waals surface area (Å²) in [5.74, 6) is 0. The van der Waals surface area contributed by atoms with Gasteiger partial charge in [0.15, 0.2) is 0 Å². The van der Waals surface area contributed by atoms with Crippen LogP contribution in [-0.2, 0) is 0 Å². The van der Waals surface area contributed by atoms with Crippen LogP contribution >= 0.6 is 0 Å². The van der Waals surface area contributed by atoms with Gasteiger partial charge in [-0.05, 0) is 19.0 Å². The van der Waals surface area contributed by atoms with E-state index in [9.17, 15) is 0 Å². The van der Waals surface area contributed by atoms with E-state index in [1.165, 1.54) is 18.4 Å². The lowest BCUT2D eigenvalue weighted by atomic mass is 10.2. The maximum atomic E-state index is 2.19. The van der Waals surface area contributed by atoms with Crippen LogP contribution in [0.15, 0.2) is 11.8 Å². The Morgan fingerprint density at radius 1 is 1.22 bits per heavy atom. The minimum atomic E-state index is 1.18. The SMILES string of the molecule is CCC(=CN(C)C)CC. The van der Waals surface area contributed by atoms with E-state index < -0.39 is 0 Å². The van der Waals surface area contributed by atoms with Crippen LogP contribution in [0.25, 0.3) is 0 Å². The maximum Gasteiger partial charge on any atom is 0.00556 e. The van der Waals surface area contributed by atoms with E-state index >= 15 is 0 Å². The average Bonchev–Trinajstić information content (AvgIpc) is 1.82. The van der Waals surface area contributed by atoms with Crippen LogP contribution in [0.1, 0.15) is 26.7 Å². The fourth-order valence-electron chi connectivity index (χ4n) is 0.798. The average molecular weight is 127 g/mol. The molecule has 0 atom stereocenters. The number of allylic oxidation sites excluding steroid dienone is 1. The lowest BCUT2D eigenvalue weighted by Crippen LogP contribution is -2.02. The molecule has 0 rings (SSSR count). The highest BCUT2D eigenvalue weighted by Crippen LogP contribution is 2.04. The molecule has 0 fully saturated rings. The van der Waals surface area contributed by atoms with Crippen molar-refractivity contribution in [3.63, 3.8) is 0 Å². The summed E-state index contributed by atoms with van der Waals surface area (Å²) >= 11 is 0. The molecule has 0 saturated carbocycles. The van der Waals surface area contributed by atoms with Gasteiger partial charge in [-0.25, -0.2) is 0 Å². The van der Waals surface area contributed by atoms with Crippen LogP contribution in [0, 0.1) is 0 Å². The summed E-state index contributed by atoms with van der Waals surface area (Å²) in [6.07, 6.45) is 4.54. The first-order valence-corrected chi connectivity index (χ1v) is 3.56. The predicted octanol–water partition coefficient (Wildman–Crippen LogP) is 2.25. The number of nitrogens with zero attached hydrogens (tertiary/aromatic N) is 1. The third-order valence-corrected chi connectivity index (χ3v) is 1.35. The van der Waals surface area contributed by atoms with Crippen molar-refractivity contribution in [3.05, 3.63) is 11.8 Å². The van der Waals surface area contributed by atoms with Crippen molar-refractivity contribution in [2.24, 2.45) is 0 Å². The number of hydrogen-bond donors (Lipinski definition) is 0. The van der Waals surface area contributed by atoms with Crippen LogP contribution in [0.4, 0.5) is 0 Å². The Morgan fingerprint density at radius 2 is 1.67 bits per heavy atom. The normalized spacial score (nSPS) is 8.89. The Hall–Kier alpha value is -0.460. The van der Waals surface area contributed by atoms with Gasteiger partial charge in [0.25, 0.3) is 0 Å². The van der Waals surface area contributed by atoms with E-state index in [0.717, 1.165) is 0 Å². The zero-order chi connectivity index (χ0) is 7.28. The van der Waals surface area contributed by atoms with Gasteiger partial charge < -0.3 is 4.90 Å². The van der Waals surface area contributed by atoms with Gasteiger partial charge in [-0.2, -0.15) is 0 Å². The monoisotopic (exact) mass is 127 g/mol. The lowest BCUT2D eigenvalue weighted by Gasteiger charge is -2.07. The van der Waals surface area contributed by atoms with Crippen LogP contribution in [0.5, 0.6) is 0 Å². The Kier molecular flexibility index (Phi) is 4.20. The van der Waals surface area contributed by atoms with E-state index in [1.807, 2.05) is 0 Å². The Labute approximate surface area is 58.4 Å². The Bertz CT molecular complexity index is 86.7. The van der Waals surface area contributed by atoms with Gasteiger partial charge in [-0.15, -0.1) is 0 Å². The van der Waals surface area contributed by atoms with Gasteiger partial charge in [0.1, 0.15) is 0 Å². The van der Waals surface area contributed by atoms with Crippen molar-refractivity contribution in [2.45, 2.75) is 26.7 Å². The molecular formula is C8H17N. The first-order chi connectivity index (χ1) is 4.20. The molecule has 1 heteroatoms. The molecule has 0 heterocycles. The fourth-order valence-corrected chi connectivity index (χ4v) is 0.798. The molecule has 0 aliphatic carbocycles. The molecule has 0 bridgehead atoms. The predicted molar refractivity (Wildman–Crippen MR) is 42.4 cm³/mol. The summed E-state index contributed by atoms with van der Waals surface area (Å²) in [6, 6.07) is 0. The summed E-state index contributed by atoms with van der Waals surface area (Å²) in [5, 5.41) is 0. The molecule has 0 spiro atoms. The molecule has 0 aromatic carbocycles. The highest BCUT2D eigenvalue weighted by atomic mass is 15.0. The molecule has 0 aromatic rings. The highest BCUT2D eigenvalue weighted by Gasteiger charge is 1.88. The second kappa shape index (κ2) is 4.42. The topological polar surface area (TPSA) is 3.24 Å². The third-order valence-electron chi connectivity index (χ3n) is 1.35. The van der Waals surface area contributed by atoms with Crippen molar-refractivity contribution >= 4 is 0 Å². The summed E-state index contributed by atoms with van der Waals surface area (Å²) in [6.45, 7) is 4.39. The smallest absolute Gasteiger partial charge is 0.00556 e. The van der Waals surface area contributed by atoms with Crippen molar-refractivity contribution in [2.75, 3.05) is 14.1 Å². The first kappa shape index (κ1) is 8.54. The summed E-state index contributed by atoms with van der Waals surface area (Å²) in [5.41, 5.74) is 1.51. The van der Waals surface area contributed by atoms with E-state index in [1.54, 1.807) is 0 Å². The quantitative estimate of drug-likeness (QED) is 0.562. The van der Waals surface area contributed by atoms with Crippen molar-refractivity contribution in [1.82, 2.24) is 4.90 Å². The fraction of sp³-hybridized carbons (Fsp3) is 0.750. The molecule has 1 nitrogen and oxygen atoms in total. The summed E-state index contributed by atoms with van der Waals surface area (Å²) in [7, 11) is 4.12. The van der Waals surface area contributed by atoms with Crippen molar-refractivity contribution < 1.29 is 0 Å². The van der Waals surface area contributed by atoms with Gasteiger partial charge >= 0.3 is 0 Å². The molecule has 0 aliphatic heterocycles. The Morgan fingerprint density at radius 3 is 1.78 bits per heavy atom. The van der Waals surface area contributed by atoms with Crippen LogP contribution in [0.2, 0.25) is 0 Å². The third kappa shape index (κ3) is 4.07. The zero-order valence-electron chi connectivity index (χ0n) is 6.94. The van der Waals surface area contributed by atoms with Gasteiger partial charge in [0, 0.05) is 14.1 Å². The van der Waals surface area contributed by atoms with E-state index in [-0.39, 0.29) is 0 Å². The molecule has 0 unspecified atom stereocenters. The van der Waals surface area contributed by atoms with Crippen molar-refractivity contribution in [3.8, 4) is 0 Å². The molecule has 0 N–H and O–H groups in total. The molecule has 54 valence electrons. The van der Waals surface area contributed by atoms with Crippen LogP contribution < -0.4 is 0 Å². The van der Waals surface area contributed by atoms with Gasteiger partial charge in [-0.1, -0.05) is 19.4 Å². The molecule has 9 heavy (non-hydrogen) atoms. The molecule has 0 aromatic heterocycles. The first-order valence-electron chi connectivity index (χ1n) is 3.56. The van der Waals surface area contributed by atoms with E-state index in [2.05, 4.69) is 39.0 Å². The maximum absolute atomic E-state index is 2.19. The van der Waals surface area contributed by atoms with Gasteiger partial charge in [-0.3, -0.25) is 0 Å². The second-order valence-electron chi connectivity index (χ2n) is 2.46.